The largest absolute Gasteiger partial charge is 0.461 e. The highest BCUT2D eigenvalue weighted by Gasteiger charge is 2.20. The number of alkyl carbamates (subject to hydrolysis) is 1. The Kier molecular flexibility index (Phi) is 7.00. The van der Waals surface area contributed by atoms with Crippen molar-refractivity contribution in [1.82, 2.24) is 5.32 Å². The predicted octanol–water partition coefficient (Wildman–Crippen LogP) is 2.58. The molecule has 0 aliphatic heterocycles. The highest BCUT2D eigenvalue weighted by molar-refractivity contribution is 7.62. The third-order valence-corrected chi connectivity index (χ3v) is 2.93. The Morgan fingerprint density at radius 2 is 1.80 bits per heavy atom. The summed E-state index contributed by atoms with van der Waals surface area (Å²) in [5.74, 6) is -0.674. The van der Waals surface area contributed by atoms with Crippen molar-refractivity contribution in [3.05, 3.63) is 11.8 Å². The van der Waals surface area contributed by atoms with Crippen LogP contribution >= 0.6 is 7.14 Å². The fraction of sp³-hybridized carbons (Fsp3) is 0.692. The van der Waals surface area contributed by atoms with Crippen LogP contribution in [0.2, 0.25) is 0 Å². The summed E-state index contributed by atoms with van der Waals surface area (Å²) in [6.45, 7) is 10.2. The molecule has 1 amide bonds. The first kappa shape index (κ1) is 18.7. The Labute approximate surface area is 120 Å². The number of amides is 1. The van der Waals surface area contributed by atoms with Crippen LogP contribution in [0.5, 0.6) is 0 Å². The van der Waals surface area contributed by atoms with Gasteiger partial charge in [-0.15, -0.1) is 0 Å². The zero-order valence-corrected chi connectivity index (χ0v) is 13.9. The first-order valence-electron chi connectivity index (χ1n) is 6.36. The minimum Gasteiger partial charge on any atom is -0.461 e. The van der Waals surface area contributed by atoms with E-state index in [1.54, 1.807) is 41.0 Å². The normalized spacial score (nSPS) is 12.8. The van der Waals surface area contributed by atoms with Crippen LogP contribution in [0.25, 0.3) is 0 Å². The summed E-state index contributed by atoms with van der Waals surface area (Å²) < 4.78 is 21.6. The molecule has 0 aromatic heterocycles. The molecule has 1 N–H and O–H groups in total. The van der Waals surface area contributed by atoms with Crippen molar-refractivity contribution in [1.29, 1.82) is 0 Å². The van der Waals surface area contributed by atoms with Gasteiger partial charge in [0, 0.05) is 6.16 Å². The zero-order chi connectivity index (χ0) is 16.0. The van der Waals surface area contributed by atoms with Crippen LogP contribution in [0.15, 0.2) is 11.8 Å². The SMILES string of the molecule is CCOC(=O)/C(=C/CP(C)(C)=O)NC(=O)OC(C)(C)C. The molecule has 0 aromatic rings. The van der Waals surface area contributed by atoms with E-state index in [-0.39, 0.29) is 18.5 Å². The zero-order valence-electron chi connectivity index (χ0n) is 13.0. The van der Waals surface area contributed by atoms with Gasteiger partial charge >= 0.3 is 12.1 Å². The fourth-order valence-electron chi connectivity index (χ4n) is 1.12. The lowest BCUT2D eigenvalue weighted by Crippen LogP contribution is -2.34. The molecule has 0 rings (SSSR count). The molecule has 0 fully saturated rings. The standard InChI is InChI=1S/C13H24NO5P/c1-7-18-11(15)10(8-9-20(5,6)17)14-12(16)19-13(2,3)4/h8H,7,9H2,1-6H3,(H,14,16)/b10-8-. The van der Waals surface area contributed by atoms with Gasteiger partial charge in [0.2, 0.25) is 0 Å². The summed E-state index contributed by atoms with van der Waals surface area (Å²) in [7, 11) is -2.34. The van der Waals surface area contributed by atoms with Crippen molar-refractivity contribution < 1.29 is 23.6 Å². The minimum atomic E-state index is -2.34. The summed E-state index contributed by atoms with van der Waals surface area (Å²) >= 11 is 0. The second-order valence-electron chi connectivity index (χ2n) is 5.72. The number of esters is 1. The molecule has 0 aliphatic carbocycles. The van der Waals surface area contributed by atoms with E-state index in [0.29, 0.717) is 0 Å². The van der Waals surface area contributed by atoms with Crippen LogP contribution in [-0.2, 0) is 18.8 Å². The summed E-state index contributed by atoms with van der Waals surface area (Å²) in [5, 5.41) is 2.34. The Morgan fingerprint density at radius 1 is 1.25 bits per heavy atom. The maximum Gasteiger partial charge on any atom is 0.412 e. The quantitative estimate of drug-likeness (QED) is 0.479. The van der Waals surface area contributed by atoms with Crippen LogP contribution in [0.1, 0.15) is 27.7 Å². The molecule has 20 heavy (non-hydrogen) atoms. The molecular formula is C13H24NO5P. The smallest absolute Gasteiger partial charge is 0.412 e. The van der Waals surface area contributed by atoms with Gasteiger partial charge in [0.25, 0.3) is 0 Å². The van der Waals surface area contributed by atoms with Crippen molar-refractivity contribution in [2.24, 2.45) is 0 Å². The number of hydrogen-bond donors (Lipinski definition) is 1. The first-order chi connectivity index (χ1) is 8.94. The van der Waals surface area contributed by atoms with Gasteiger partial charge in [-0.2, -0.15) is 0 Å². The lowest BCUT2D eigenvalue weighted by atomic mass is 10.2. The molecule has 7 heteroatoms. The fourth-order valence-corrected chi connectivity index (χ4v) is 1.74. The van der Waals surface area contributed by atoms with E-state index >= 15 is 0 Å². The number of allylic oxidation sites excluding steroid dienone is 1. The highest BCUT2D eigenvalue weighted by Crippen LogP contribution is 2.35. The van der Waals surface area contributed by atoms with E-state index in [4.69, 9.17) is 9.47 Å². The van der Waals surface area contributed by atoms with E-state index in [1.807, 2.05) is 0 Å². The summed E-state index contributed by atoms with van der Waals surface area (Å²) in [5.41, 5.74) is -0.723. The van der Waals surface area contributed by atoms with E-state index < -0.39 is 24.8 Å². The lowest BCUT2D eigenvalue weighted by molar-refractivity contribution is -0.139. The van der Waals surface area contributed by atoms with Crippen LogP contribution in [0.4, 0.5) is 4.79 Å². The van der Waals surface area contributed by atoms with Crippen LogP contribution in [0, 0.1) is 0 Å². The average molecular weight is 305 g/mol. The molecule has 0 bridgehead atoms. The van der Waals surface area contributed by atoms with Gasteiger partial charge < -0.3 is 14.0 Å². The molecule has 0 heterocycles. The number of ether oxygens (including phenoxy) is 2. The monoisotopic (exact) mass is 305 g/mol. The maximum absolute atomic E-state index is 11.7. The number of nitrogens with one attached hydrogen (secondary N) is 1. The molecule has 0 aliphatic rings. The number of carbonyl (C=O) groups is 2. The summed E-state index contributed by atoms with van der Waals surface area (Å²) in [4.78, 5) is 23.4. The van der Waals surface area contributed by atoms with Crippen molar-refractivity contribution >= 4 is 19.2 Å². The van der Waals surface area contributed by atoms with Crippen molar-refractivity contribution in [2.75, 3.05) is 26.1 Å². The van der Waals surface area contributed by atoms with Gasteiger partial charge in [-0.3, -0.25) is 5.32 Å². The van der Waals surface area contributed by atoms with Crippen molar-refractivity contribution in [3.63, 3.8) is 0 Å². The average Bonchev–Trinajstić information content (AvgIpc) is 2.20. The Bertz CT molecular complexity index is 431. The second-order valence-corrected chi connectivity index (χ2v) is 9.23. The topological polar surface area (TPSA) is 81.7 Å². The summed E-state index contributed by atoms with van der Waals surface area (Å²) in [6, 6.07) is 0. The van der Waals surface area contributed by atoms with Gasteiger partial charge in [0.15, 0.2) is 0 Å². The van der Waals surface area contributed by atoms with Crippen LogP contribution in [-0.4, -0.2) is 43.8 Å². The van der Waals surface area contributed by atoms with Crippen LogP contribution in [0.3, 0.4) is 0 Å². The van der Waals surface area contributed by atoms with E-state index in [0.717, 1.165) is 0 Å². The van der Waals surface area contributed by atoms with Gasteiger partial charge in [0.05, 0.1) is 13.7 Å². The molecule has 0 saturated carbocycles. The number of carbonyl (C=O) groups excluding carboxylic acids is 2. The molecular weight excluding hydrogens is 281 g/mol. The first-order valence-corrected chi connectivity index (χ1v) is 9.14. The molecule has 0 unspecified atom stereocenters. The van der Waals surface area contributed by atoms with E-state index in [1.165, 1.54) is 6.08 Å². The molecule has 116 valence electrons. The van der Waals surface area contributed by atoms with Crippen molar-refractivity contribution in [2.45, 2.75) is 33.3 Å². The van der Waals surface area contributed by atoms with E-state index in [2.05, 4.69) is 5.32 Å². The second kappa shape index (κ2) is 7.48. The molecule has 0 radical (unpaired) electrons. The lowest BCUT2D eigenvalue weighted by Gasteiger charge is -2.20. The van der Waals surface area contributed by atoms with Gasteiger partial charge in [-0.1, -0.05) is 0 Å². The number of rotatable bonds is 5. The molecule has 0 spiro atoms. The molecule has 0 atom stereocenters. The van der Waals surface area contributed by atoms with Crippen LogP contribution < -0.4 is 5.32 Å². The predicted molar refractivity (Wildman–Crippen MR) is 78.4 cm³/mol. The summed E-state index contributed by atoms with van der Waals surface area (Å²) in [6.07, 6.45) is 0.846. The molecule has 6 nitrogen and oxygen atoms in total. The highest BCUT2D eigenvalue weighted by atomic mass is 31.2. The molecule has 0 aromatic carbocycles. The maximum atomic E-state index is 11.7. The Hall–Kier alpha value is -1.29. The number of hydrogen-bond acceptors (Lipinski definition) is 5. The Balaban J connectivity index is 4.91. The molecule has 0 saturated heterocycles. The van der Waals surface area contributed by atoms with Gasteiger partial charge in [0.1, 0.15) is 11.3 Å². The van der Waals surface area contributed by atoms with Gasteiger partial charge in [-0.05, 0) is 47.1 Å². The Morgan fingerprint density at radius 3 is 2.20 bits per heavy atom. The van der Waals surface area contributed by atoms with E-state index in [9.17, 15) is 14.2 Å². The third-order valence-electron chi connectivity index (χ3n) is 1.87. The van der Waals surface area contributed by atoms with Gasteiger partial charge in [-0.25, -0.2) is 9.59 Å². The van der Waals surface area contributed by atoms with Crippen molar-refractivity contribution in [3.8, 4) is 0 Å². The third kappa shape index (κ3) is 9.62. The minimum absolute atomic E-state index is 0.0509.